The Kier molecular flexibility index (Phi) is 6.88. The fourth-order valence-electron chi connectivity index (χ4n) is 1.48. The third-order valence-electron chi connectivity index (χ3n) is 2.89. The molecule has 0 saturated carbocycles. The highest BCUT2D eigenvalue weighted by Crippen LogP contribution is 2.12. The van der Waals surface area contributed by atoms with E-state index in [9.17, 15) is 14.4 Å². The van der Waals surface area contributed by atoms with Crippen LogP contribution in [0, 0.1) is 0 Å². The van der Waals surface area contributed by atoms with E-state index in [0.29, 0.717) is 11.3 Å². The highest BCUT2D eigenvalue weighted by molar-refractivity contribution is 5.95. The molecule has 0 aliphatic heterocycles. The van der Waals surface area contributed by atoms with Crippen molar-refractivity contribution in [2.75, 3.05) is 13.7 Å². The Balaban J connectivity index is 2.41. The van der Waals surface area contributed by atoms with Crippen molar-refractivity contribution in [3.63, 3.8) is 0 Å². The Morgan fingerprint density at radius 3 is 2.36 bits per heavy atom. The summed E-state index contributed by atoms with van der Waals surface area (Å²) in [6, 6.07) is 5.56. The van der Waals surface area contributed by atoms with Crippen molar-refractivity contribution >= 4 is 17.9 Å². The van der Waals surface area contributed by atoms with Crippen LogP contribution >= 0.6 is 0 Å². The molecule has 7 heteroatoms. The first-order chi connectivity index (χ1) is 10.5. The van der Waals surface area contributed by atoms with Crippen LogP contribution in [0.25, 0.3) is 0 Å². The molecule has 1 aromatic rings. The van der Waals surface area contributed by atoms with Gasteiger partial charge >= 0.3 is 12.0 Å². The average Bonchev–Trinajstić information content (AvgIpc) is 2.52. The fourth-order valence-corrected chi connectivity index (χ4v) is 1.48. The van der Waals surface area contributed by atoms with Crippen molar-refractivity contribution in [1.29, 1.82) is 0 Å². The van der Waals surface area contributed by atoms with Crippen LogP contribution in [-0.4, -0.2) is 37.7 Å². The number of hydrogen-bond donors (Lipinski definition) is 2. The second-order valence-electron chi connectivity index (χ2n) is 4.64. The van der Waals surface area contributed by atoms with Crippen LogP contribution in [0.1, 0.15) is 30.6 Å². The third-order valence-corrected chi connectivity index (χ3v) is 2.89. The van der Waals surface area contributed by atoms with Gasteiger partial charge < -0.3 is 14.8 Å². The maximum Gasteiger partial charge on any atom is 0.337 e. The molecule has 1 atom stereocenters. The van der Waals surface area contributed by atoms with Gasteiger partial charge in [0.05, 0.1) is 12.7 Å². The molecule has 0 heterocycles. The monoisotopic (exact) mass is 308 g/mol. The minimum Gasteiger partial charge on any atom is -0.484 e. The second kappa shape index (κ2) is 8.66. The molecule has 3 amide bonds. The molecule has 1 aromatic carbocycles. The smallest absolute Gasteiger partial charge is 0.337 e. The number of rotatable bonds is 6. The zero-order chi connectivity index (χ0) is 16.5. The van der Waals surface area contributed by atoms with Gasteiger partial charge in [-0.25, -0.2) is 9.59 Å². The standard InChI is InChI=1S/C15H20N2O5/c1-4-10(2)16-15(20)17-13(18)9-22-12-7-5-11(6-8-12)14(19)21-3/h5-8,10H,4,9H2,1-3H3,(H2,16,17,18,20)/t10-/m0/s1. The summed E-state index contributed by atoms with van der Waals surface area (Å²) >= 11 is 0. The summed E-state index contributed by atoms with van der Waals surface area (Å²) in [4.78, 5) is 34.2. The molecule has 1 rings (SSSR count). The van der Waals surface area contributed by atoms with E-state index < -0.39 is 17.9 Å². The van der Waals surface area contributed by atoms with Crippen molar-refractivity contribution in [3.05, 3.63) is 29.8 Å². The number of methoxy groups -OCH3 is 1. The van der Waals surface area contributed by atoms with Gasteiger partial charge in [-0.2, -0.15) is 0 Å². The summed E-state index contributed by atoms with van der Waals surface area (Å²) in [6.07, 6.45) is 0.769. The molecular weight excluding hydrogens is 288 g/mol. The summed E-state index contributed by atoms with van der Waals surface area (Å²) < 4.78 is 9.79. The molecule has 0 radical (unpaired) electrons. The molecule has 0 fully saturated rings. The minimum atomic E-state index is -0.558. The molecule has 0 spiro atoms. The quantitative estimate of drug-likeness (QED) is 0.776. The van der Waals surface area contributed by atoms with E-state index in [1.807, 2.05) is 13.8 Å². The van der Waals surface area contributed by atoms with Crippen LogP contribution in [0.3, 0.4) is 0 Å². The number of nitrogens with one attached hydrogen (secondary N) is 2. The zero-order valence-electron chi connectivity index (χ0n) is 12.8. The highest BCUT2D eigenvalue weighted by atomic mass is 16.5. The molecule has 0 saturated heterocycles. The maximum atomic E-state index is 11.5. The molecule has 7 nitrogen and oxygen atoms in total. The van der Waals surface area contributed by atoms with Gasteiger partial charge in [0.2, 0.25) is 0 Å². The van der Waals surface area contributed by atoms with E-state index in [1.165, 1.54) is 19.2 Å². The number of esters is 1. The van der Waals surface area contributed by atoms with Gasteiger partial charge in [0.1, 0.15) is 5.75 Å². The van der Waals surface area contributed by atoms with Gasteiger partial charge in [-0.05, 0) is 37.6 Å². The van der Waals surface area contributed by atoms with Gasteiger partial charge in [-0.3, -0.25) is 10.1 Å². The van der Waals surface area contributed by atoms with E-state index in [4.69, 9.17) is 4.74 Å². The van der Waals surface area contributed by atoms with Gasteiger partial charge in [0.15, 0.2) is 6.61 Å². The Morgan fingerprint density at radius 1 is 1.18 bits per heavy atom. The molecule has 0 aliphatic rings. The van der Waals surface area contributed by atoms with Gasteiger partial charge in [-0.1, -0.05) is 6.92 Å². The lowest BCUT2D eigenvalue weighted by atomic mass is 10.2. The lowest BCUT2D eigenvalue weighted by molar-refractivity contribution is -0.122. The Bertz CT molecular complexity index is 527. The number of carbonyl (C=O) groups is 3. The highest BCUT2D eigenvalue weighted by Gasteiger charge is 2.10. The Morgan fingerprint density at radius 2 is 1.82 bits per heavy atom. The van der Waals surface area contributed by atoms with Crippen molar-refractivity contribution < 1.29 is 23.9 Å². The lowest BCUT2D eigenvalue weighted by Crippen LogP contribution is -2.44. The number of amides is 3. The van der Waals surface area contributed by atoms with Crippen LogP contribution in [0.5, 0.6) is 5.75 Å². The first-order valence-electron chi connectivity index (χ1n) is 6.87. The van der Waals surface area contributed by atoms with Crippen molar-refractivity contribution in [3.8, 4) is 5.75 Å². The van der Waals surface area contributed by atoms with Gasteiger partial charge in [0.25, 0.3) is 5.91 Å². The van der Waals surface area contributed by atoms with E-state index >= 15 is 0 Å². The predicted octanol–water partition coefficient (Wildman–Crippen LogP) is 1.48. The average molecular weight is 308 g/mol. The first kappa shape index (κ1) is 17.5. The SMILES string of the molecule is CC[C@H](C)NC(=O)NC(=O)COc1ccc(C(=O)OC)cc1. The maximum absolute atomic E-state index is 11.5. The molecule has 22 heavy (non-hydrogen) atoms. The summed E-state index contributed by atoms with van der Waals surface area (Å²) in [7, 11) is 1.29. The van der Waals surface area contributed by atoms with Crippen LogP contribution in [0.2, 0.25) is 0 Å². The summed E-state index contributed by atoms with van der Waals surface area (Å²) in [6.45, 7) is 3.46. The largest absolute Gasteiger partial charge is 0.484 e. The first-order valence-corrected chi connectivity index (χ1v) is 6.87. The van der Waals surface area contributed by atoms with Crippen molar-refractivity contribution in [2.24, 2.45) is 0 Å². The summed E-state index contributed by atoms with van der Waals surface area (Å²) in [5.41, 5.74) is 0.382. The fraction of sp³-hybridized carbons (Fsp3) is 0.400. The van der Waals surface area contributed by atoms with Gasteiger partial charge in [-0.15, -0.1) is 0 Å². The minimum absolute atomic E-state index is 0.0143. The topological polar surface area (TPSA) is 93.7 Å². The number of hydrogen-bond acceptors (Lipinski definition) is 5. The van der Waals surface area contributed by atoms with Crippen LogP contribution in [-0.2, 0) is 9.53 Å². The predicted molar refractivity (Wildman–Crippen MR) is 79.7 cm³/mol. The van der Waals surface area contributed by atoms with E-state index in [2.05, 4.69) is 15.4 Å². The molecule has 0 aliphatic carbocycles. The van der Waals surface area contributed by atoms with E-state index in [-0.39, 0.29) is 12.6 Å². The molecule has 0 bridgehead atoms. The number of benzene rings is 1. The summed E-state index contributed by atoms with van der Waals surface area (Å²) in [5, 5.41) is 4.77. The molecule has 0 aromatic heterocycles. The lowest BCUT2D eigenvalue weighted by Gasteiger charge is -2.12. The Labute approximate surface area is 129 Å². The van der Waals surface area contributed by atoms with Gasteiger partial charge in [0, 0.05) is 6.04 Å². The van der Waals surface area contributed by atoms with Crippen molar-refractivity contribution in [2.45, 2.75) is 26.3 Å². The number of imide groups is 1. The zero-order valence-corrected chi connectivity index (χ0v) is 12.8. The normalized spacial score (nSPS) is 11.2. The molecule has 120 valence electrons. The number of ether oxygens (including phenoxy) is 2. The van der Waals surface area contributed by atoms with Crippen LogP contribution in [0.4, 0.5) is 4.79 Å². The van der Waals surface area contributed by atoms with Crippen LogP contribution in [0.15, 0.2) is 24.3 Å². The van der Waals surface area contributed by atoms with E-state index in [1.54, 1.807) is 12.1 Å². The van der Waals surface area contributed by atoms with Crippen molar-refractivity contribution in [1.82, 2.24) is 10.6 Å². The third kappa shape index (κ3) is 5.82. The van der Waals surface area contributed by atoms with Crippen LogP contribution < -0.4 is 15.4 Å². The second-order valence-corrected chi connectivity index (χ2v) is 4.64. The molecular formula is C15H20N2O5. The number of carbonyl (C=O) groups excluding carboxylic acids is 3. The summed E-state index contributed by atoms with van der Waals surface area (Å²) in [5.74, 6) is -0.603. The Hall–Kier alpha value is -2.57. The molecule has 2 N–H and O–H groups in total. The molecule has 0 unspecified atom stereocenters. The number of urea groups is 1. The van der Waals surface area contributed by atoms with E-state index in [0.717, 1.165) is 6.42 Å².